The van der Waals surface area contributed by atoms with Crippen molar-refractivity contribution in [3.05, 3.63) is 89.6 Å². The Balaban J connectivity index is 1.22. The van der Waals surface area contributed by atoms with Crippen molar-refractivity contribution in [1.29, 1.82) is 0 Å². The van der Waals surface area contributed by atoms with Gasteiger partial charge in [0.2, 0.25) is 0 Å². The number of halogens is 3. The highest BCUT2D eigenvalue weighted by Crippen LogP contribution is 2.35. The standard InChI is InChI=1S/C30H28F3N7O3S/c1-18(2)23-11-4-19(3)14-24(23)40-27(41)16-44-29(40)37-28(42)36-21-8-5-20(6-9-21)7-12-25-35-17-39(38-25)26-13-10-22(15-34-26)43-30(31,32)33/h4-15,17-18,27,41H,16H2,1-3H3,(H,36,42)/b12-7+,37-29-. The Labute approximate surface area is 255 Å². The zero-order chi connectivity index (χ0) is 31.4. The summed E-state index contributed by atoms with van der Waals surface area (Å²) < 4.78 is 42.2. The quantitative estimate of drug-likeness (QED) is 0.236. The molecule has 0 aliphatic carbocycles. The number of amides is 2. The number of alkyl halides is 3. The lowest BCUT2D eigenvalue weighted by Gasteiger charge is -2.26. The smallest absolute Gasteiger partial charge is 0.404 e. The number of nitrogens with zero attached hydrogens (tertiary/aromatic N) is 6. The summed E-state index contributed by atoms with van der Waals surface area (Å²) in [4.78, 5) is 26.9. The Bertz CT molecular complexity index is 1690. The molecule has 0 saturated carbocycles. The maximum Gasteiger partial charge on any atom is 0.573 e. The van der Waals surface area contributed by atoms with Crippen molar-refractivity contribution in [1.82, 2.24) is 19.7 Å². The SMILES string of the molecule is Cc1ccc(C(C)C)c(N2/C(=N/C(=O)Nc3ccc(/C=C/c4ncn(-c5ccc(OC(F)(F)F)cn5)n4)cc3)SCC2O)c1. The van der Waals surface area contributed by atoms with E-state index in [0.29, 0.717) is 22.4 Å². The highest BCUT2D eigenvalue weighted by molar-refractivity contribution is 8.14. The second-order valence-corrected chi connectivity index (χ2v) is 11.1. The van der Waals surface area contributed by atoms with E-state index in [-0.39, 0.29) is 11.7 Å². The fourth-order valence-electron chi connectivity index (χ4n) is 4.37. The van der Waals surface area contributed by atoms with E-state index in [1.165, 1.54) is 28.8 Å². The first-order valence-corrected chi connectivity index (χ1v) is 14.5. The van der Waals surface area contributed by atoms with Crippen LogP contribution < -0.4 is 15.0 Å². The summed E-state index contributed by atoms with van der Waals surface area (Å²) in [5, 5.41) is 18.2. The molecule has 1 unspecified atom stereocenters. The van der Waals surface area contributed by atoms with Gasteiger partial charge in [0.25, 0.3) is 0 Å². The number of anilines is 2. The van der Waals surface area contributed by atoms with Crippen molar-refractivity contribution in [2.75, 3.05) is 16.0 Å². The number of carbonyl (C=O) groups excluding carboxylic acids is 1. The molecule has 2 N–H and O–H groups in total. The van der Waals surface area contributed by atoms with Crippen molar-refractivity contribution >= 4 is 46.5 Å². The maximum absolute atomic E-state index is 12.8. The average Bonchev–Trinajstić information content (AvgIpc) is 3.58. The van der Waals surface area contributed by atoms with Gasteiger partial charge in [-0.2, -0.15) is 4.99 Å². The molecule has 0 radical (unpaired) electrons. The monoisotopic (exact) mass is 623 g/mol. The average molecular weight is 624 g/mol. The molecular formula is C30H28F3N7O3S. The highest BCUT2D eigenvalue weighted by atomic mass is 32.2. The second-order valence-electron chi connectivity index (χ2n) is 10.1. The van der Waals surface area contributed by atoms with E-state index in [0.717, 1.165) is 34.6 Å². The van der Waals surface area contributed by atoms with Gasteiger partial charge in [0.05, 0.1) is 6.20 Å². The number of aliphatic imine (C=N–C) groups is 1. The van der Waals surface area contributed by atoms with Crippen LogP contribution in [0.1, 0.15) is 42.3 Å². The van der Waals surface area contributed by atoms with Gasteiger partial charge in [-0.3, -0.25) is 4.90 Å². The lowest BCUT2D eigenvalue weighted by atomic mass is 9.98. The van der Waals surface area contributed by atoms with Gasteiger partial charge in [-0.05, 0) is 65.9 Å². The van der Waals surface area contributed by atoms with Crippen molar-refractivity contribution in [2.24, 2.45) is 4.99 Å². The lowest BCUT2D eigenvalue weighted by molar-refractivity contribution is -0.274. The van der Waals surface area contributed by atoms with Gasteiger partial charge >= 0.3 is 12.4 Å². The zero-order valence-corrected chi connectivity index (χ0v) is 24.7. The molecule has 1 saturated heterocycles. The minimum atomic E-state index is -4.80. The molecule has 2 aromatic heterocycles. The van der Waals surface area contributed by atoms with Crippen LogP contribution in [-0.2, 0) is 0 Å². The number of rotatable bonds is 7. The summed E-state index contributed by atoms with van der Waals surface area (Å²) in [5.41, 5.74) is 4.28. The van der Waals surface area contributed by atoms with Crippen LogP contribution >= 0.6 is 11.8 Å². The summed E-state index contributed by atoms with van der Waals surface area (Å²) in [6.45, 7) is 6.14. The van der Waals surface area contributed by atoms with Crippen LogP contribution in [0.2, 0.25) is 0 Å². The Morgan fingerprint density at radius 2 is 1.91 bits per heavy atom. The fourth-order valence-corrected chi connectivity index (χ4v) is 5.33. The van der Waals surface area contributed by atoms with Crippen LogP contribution in [0.4, 0.5) is 29.3 Å². The van der Waals surface area contributed by atoms with E-state index in [1.54, 1.807) is 41.3 Å². The minimum Gasteiger partial charge on any atom is -0.404 e. The number of ether oxygens (including phenoxy) is 1. The van der Waals surface area contributed by atoms with Crippen molar-refractivity contribution in [3.63, 3.8) is 0 Å². The molecule has 14 heteroatoms. The summed E-state index contributed by atoms with van der Waals surface area (Å²) in [6, 6.07) is 15.0. The van der Waals surface area contributed by atoms with Crippen LogP contribution in [0.5, 0.6) is 5.75 Å². The molecule has 1 aliphatic heterocycles. The number of hydrogen-bond donors (Lipinski definition) is 2. The molecule has 228 valence electrons. The molecule has 0 bridgehead atoms. The van der Waals surface area contributed by atoms with Crippen LogP contribution in [0.15, 0.2) is 72.1 Å². The van der Waals surface area contributed by atoms with Gasteiger partial charge in [0, 0.05) is 17.1 Å². The van der Waals surface area contributed by atoms with E-state index in [2.05, 4.69) is 44.0 Å². The molecule has 1 atom stereocenters. The molecule has 2 aromatic carbocycles. The third-order valence-electron chi connectivity index (χ3n) is 6.42. The van der Waals surface area contributed by atoms with Gasteiger partial charge in [-0.15, -0.1) is 18.3 Å². The highest BCUT2D eigenvalue weighted by Gasteiger charge is 2.33. The Morgan fingerprint density at radius 3 is 2.59 bits per heavy atom. The molecule has 2 amide bonds. The van der Waals surface area contributed by atoms with Gasteiger partial charge in [-0.1, -0.05) is 56.0 Å². The molecule has 1 aliphatic rings. The van der Waals surface area contributed by atoms with Gasteiger partial charge in [-0.25, -0.2) is 19.4 Å². The van der Waals surface area contributed by atoms with Crippen LogP contribution in [-0.4, -0.2) is 54.4 Å². The summed E-state index contributed by atoms with van der Waals surface area (Å²) >= 11 is 1.32. The number of aryl methyl sites for hydroxylation is 1. The van der Waals surface area contributed by atoms with Crippen LogP contribution in [0, 0.1) is 6.92 Å². The third-order valence-corrected chi connectivity index (χ3v) is 7.43. The Hall–Kier alpha value is -4.69. The number of amidine groups is 1. The topological polar surface area (TPSA) is 118 Å². The Kier molecular flexibility index (Phi) is 9.01. The largest absolute Gasteiger partial charge is 0.573 e. The molecular weight excluding hydrogens is 595 g/mol. The van der Waals surface area contributed by atoms with Gasteiger partial charge < -0.3 is 15.2 Å². The van der Waals surface area contributed by atoms with E-state index in [9.17, 15) is 23.1 Å². The molecule has 44 heavy (non-hydrogen) atoms. The van der Waals surface area contributed by atoms with Crippen LogP contribution in [0.25, 0.3) is 18.0 Å². The minimum absolute atomic E-state index is 0.219. The number of aliphatic hydroxyl groups is 1. The molecule has 10 nitrogen and oxygen atoms in total. The molecule has 4 aromatic rings. The summed E-state index contributed by atoms with van der Waals surface area (Å²) in [5.74, 6) is 0.797. The van der Waals surface area contributed by atoms with E-state index < -0.39 is 24.4 Å². The summed E-state index contributed by atoms with van der Waals surface area (Å²) in [6.07, 6.45) is 0.163. The number of hydrogen-bond acceptors (Lipinski definition) is 7. The van der Waals surface area contributed by atoms with E-state index >= 15 is 0 Å². The predicted molar refractivity (Wildman–Crippen MR) is 164 cm³/mol. The van der Waals surface area contributed by atoms with Gasteiger partial charge in [0.15, 0.2) is 16.8 Å². The van der Waals surface area contributed by atoms with Gasteiger partial charge in [0.1, 0.15) is 18.3 Å². The fraction of sp³-hybridized carbons (Fsp3) is 0.233. The second kappa shape index (κ2) is 12.9. The number of aliphatic hydroxyl groups excluding tert-OH is 1. The first-order valence-electron chi connectivity index (χ1n) is 13.5. The Morgan fingerprint density at radius 1 is 1.14 bits per heavy atom. The number of nitrogens with one attached hydrogen (secondary N) is 1. The van der Waals surface area contributed by atoms with Crippen LogP contribution in [0.3, 0.4) is 0 Å². The number of carbonyl (C=O) groups is 1. The number of aromatic nitrogens is 4. The normalized spacial score (nSPS) is 16.3. The maximum atomic E-state index is 12.8. The predicted octanol–water partition coefficient (Wildman–Crippen LogP) is 6.62. The lowest BCUT2D eigenvalue weighted by Crippen LogP contribution is -2.35. The van der Waals surface area contributed by atoms with Crippen molar-refractivity contribution < 1.29 is 27.8 Å². The number of benzene rings is 2. The first kappa shape index (κ1) is 30.8. The first-order chi connectivity index (χ1) is 20.9. The number of pyridine rings is 1. The number of thioether (sulfide) groups is 1. The molecule has 3 heterocycles. The zero-order valence-electron chi connectivity index (χ0n) is 23.9. The molecule has 1 fully saturated rings. The van der Waals surface area contributed by atoms with E-state index in [4.69, 9.17) is 0 Å². The molecule has 5 rings (SSSR count). The van der Waals surface area contributed by atoms with Crippen molar-refractivity contribution in [3.8, 4) is 11.6 Å². The van der Waals surface area contributed by atoms with Crippen molar-refractivity contribution in [2.45, 2.75) is 39.3 Å². The summed E-state index contributed by atoms with van der Waals surface area (Å²) in [7, 11) is 0. The molecule has 0 spiro atoms. The third kappa shape index (κ3) is 7.63. The number of urea groups is 1. The van der Waals surface area contributed by atoms with E-state index in [1.807, 2.05) is 25.1 Å².